The van der Waals surface area contributed by atoms with Crippen molar-refractivity contribution in [1.82, 2.24) is 24.3 Å². The Morgan fingerprint density at radius 2 is 1.96 bits per heavy atom. The summed E-state index contributed by atoms with van der Waals surface area (Å²) in [7, 11) is 0. The third-order valence-corrected chi connectivity index (χ3v) is 5.47. The van der Waals surface area contributed by atoms with E-state index in [9.17, 15) is 0 Å². The van der Waals surface area contributed by atoms with E-state index in [2.05, 4.69) is 34.2 Å². The number of hydrogen-bond acceptors (Lipinski definition) is 5. The van der Waals surface area contributed by atoms with Crippen molar-refractivity contribution in [2.45, 2.75) is 58.4 Å². The molecule has 0 aromatic carbocycles. The van der Waals surface area contributed by atoms with Gasteiger partial charge in [0.15, 0.2) is 5.15 Å². The summed E-state index contributed by atoms with van der Waals surface area (Å²) in [5.41, 5.74) is 1.47. The fourth-order valence-electron chi connectivity index (χ4n) is 3.68. The largest absolute Gasteiger partial charge is 0.375 e. The molecule has 0 amide bonds. The molecule has 0 aliphatic carbocycles. The first-order valence-corrected chi connectivity index (χ1v) is 9.88. The second-order valence-electron chi connectivity index (χ2n) is 7.02. The lowest BCUT2D eigenvalue weighted by Crippen LogP contribution is -2.31. The summed E-state index contributed by atoms with van der Waals surface area (Å²) in [6.07, 6.45) is 7.73. The first-order valence-electron chi connectivity index (χ1n) is 9.13. The lowest BCUT2D eigenvalue weighted by molar-refractivity contribution is -0.0506. The summed E-state index contributed by atoms with van der Waals surface area (Å²) in [5, 5.41) is 9.54. The van der Waals surface area contributed by atoms with E-state index in [0.29, 0.717) is 21.8 Å². The number of aryl methyl sites for hydroxylation is 1. The first kappa shape index (κ1) is 18.5. The van der Waals surface area contributed by atoms with Crippen molar-refractivity contribution in [2.24, 2.45) is 0 Å². The predicted octanol–water partition coefficient (Wildman–Crippen LogP) is 4.83. The maximum Gasteiger partial charge on any atom is 0.229 e. The van der Waals surface area contributed by atoms with Crippen LogP contribution in [0.5, 0.6) is 0 Å². The number of hydrogen-bond donors (Lipinski definition) is 1. The third-order valence-electron chi connectivity index (χ3n) is 4.89. The van der Waals surface area contributed by atoms with Crippen molar-refractivity contribution in [2.75, 3.05) is 5.32 Å². The van der Waals surface area contributed by atoms with Crippen molar-refractivity contribution in [3.8, 4) is 0 Å². The molecule has 0 radical (unpaired) electrons. The number of nitrogens with one attached hydrogen (secondary N) is 1. The van der Waals surface area contributed by atoms with Crippen molar-refractivity contribution in [3.63, 3.8) is 0 Å². The molecule has 2 atom stereocenters. The highest BCUT2D eigenvalue weighted by molar-refractivity contribution is 6.35. The highest BCUT2D eigenvalue weighted by atomic mass is 35.5. The van der Waals surface area contributed by atoms with Gasteiger partial charge in [-0.3, -0.25) is 4.68 Å². The first-order chi connectivity index (χ1) is 12.9. The van der Waals surface area contributed by atoms with E-state index in [0.717, 1.165) is 30.4 Å². The molecule has 27 heavy (non-hydrogen) atoms. The Kier molecular flexibility index (Phi) is 5.01. The van der Waals surface area contributed by atoms with Crippen molar-refractivity contribution in [1.29, 1.82) is 0 Å². The van der Waals surface area contributed by atoms with Crippen LogP contribution in [0, 0.1) is 0 Å². The molecule has 0 spiro atoms. The summed E-state index contributed by atoms with van der Waals surface area (Å²) in [4.78, 5) is 8.95. The number of anilines is 2. The van der Waals surface area contributed by atoms with E-state index in [4.69, 9.17) is 27.9 Å². The second kappa shape index (κ2) is 7.30. The molecule has 2 unspecified atom stereocenters. The van der Waals surface area contributed by atoms with Gasteiger partial charge < -0.3 is 14.6 Å². The fourth-order valence-corrected chi connectivity index (χ4v) is 4.11. The van der Waals surface area contributed by atoms with Gasteiger partial charge in [0.2, 0.25) is 5.95 Å². The number of aromatic nitrogens is 5. The van der Waals surface area contributed by atoms with Gasteiger partial charge in [-0.15, -0.1) is 0 Å². The Morgan fingerprint density at radius 3 is 2.67 bits per heavy atom. The average molecular weight is 409 g/mol. The number of ether oxygens (including phenoxy) is 1. The summed E-state index contributed by atoms with van der Waals surface area (Å²) in [6.45, 7) is 6.99. The molecule has 1 fully saturated rings. The maximum atomic E-state index is 6.36. The van der Waals surface area contributed by atoms with Crippen molar-refractivity contribution < 1.29 is 4.74 Å². The number of fused-ring (bicyclic) bond motifs is 1. The van der Waals surface area contributed by atoms with Crippen LogP contribution >= 0.6 is 23.2 Å². The van der Waals surface area contributed by atoms with Crippen molar-refractivity contribution in [3.05, 3.63) is 28.8 Å². The minimum absolute atomic E-state index is 0.204. The lowest BCUT2D eigenvalue weighted by Gasteiger charge is -2.32. The summed E-state index contributed by atoms with van der Waals surface area (Å²) in [6, 6.07) is 0.260. The van der Waals surface area contributed by atoms with Crippen LogP contribution in [-0.4, -0.2) is 36.5 Å². The van der Waals surface area contributed by atoms with Gasteiger partial charge >= 0.3 is 0 Å². The second-order valence-corrected chi connectivity index (χ2v) is 7.78. The maximum absolute atomic E-state index is 6.36. The zero-order valence-corrected chi connectivity index (χ0v) is 17.0. The molecule has 1 aliphatic heterocycles. The van der Waals surface area contributed by atoms with Gasteiger partial charge in [-0.05, 0) is 33.6 Å². The van der Waals surface area contributed by atoms with E-state index in [1.54, 1.807) is 6.20 Å². The lowest BCUT2D eigenvalue weighted by atomic mass is 10.0. The molecule has 1 aliphatic rings. The molecule has 1 N–H and O–H groups in total. The zero-order valence-electron chi connectivity index (χ0n) is 15.5. The molecule has 1 saturated heterocycles. The normalized spacial score (nSPS) is 23.1. The molecule has 144 valence electrons. The SMILES string of the molecule is CCn1cc(Cl)c2cnc(Nc3cn(C4CC(C)OC(C)C4)nc3Cl)nc21. The molecule has 4 rings (SSSR count). The molecule has 3 aromatic rings. The molecule has 0 saturated carbocycles. The molecule has 7 nitrogen and oxygen atoms in total. The molecular formula is C18H22Cl2N6O. The highest BCUT2D eigenvalue weighted by Crippen LogP contribution is 2.32. The van der Waals surface area contributed by atoms with E-state index in [1.807, 2.05) is 28.6 Å². The molecular weight excluding hydrogens is 387 g/mol. The van der Waals surface area contributed by atoms with Gasteiger partial charge in [0.05, 0.1) is 40.5 Å². The van der Waals surface area contributed by atoms with Crippen LogP contribution in [0.2, 0.25) is 10.2 Å². The standard InChI is InChI=1S/C18H22Cl2N6O/c1-4-25-8-14(19)13-7-21-18(23-17(13)25)22-15-9-26(24-16(15)20)12-5-10(2)27-11(3)6-12/h7-12H,4-6H2,1-3H3,(H,21,22,23). The molecule has 0 bridgehead atoms. The van der Waals surface area contributed by atoms with Gasteiger partial charge in [0, 0.05) is 18.9 Å². The van der Waals surface area contributed by atoms with Crippen LogP contribution in [0.1, 0.15) is 39.7 Å². The van der Waals surface area contributed by atoms with E-state index < -0.39 is 0 Å². The van der Waals surface area contributed by atoms with Gasteiger partial charge in [-0.1, -0.05) is 23.2 Å². The highest BCUT2D eigenvalue weighted by Gasteiger charge is 2.27. The van der Waals surface area contributed by atoms with E-state index in [-0.39, 0.29) is 18.2 Å². The molecule has 3 aromatic heterocycles. The van der Waals surface area contributed by atoms with Crippen LogP contribution in [0.25, 0.3) is 11.0 Å². The van der Waals surface area contributed by atoms with Crippen LogP contribution in [0.3, 0.4) is 0 Å². The van der Waals surface area contributed by atoms with Gasteiger partial charge in [-0.2, -0.15) is 10.1 Å². The number of nitrogens with zero attached hydrogens (tertiary/aromatic N) is 5. The van der Waals surface area contributed by atoms with Crippen LogP contribution in [-0.2, 0) is 11.3 Å². The quantitative estimate of drug-likeness (QED) is 0.669. The van der Waals surface area contributed by atoms with Gasteiger partial charge in [0.25, 0.3) is 0 Å². The Balaban J connectivity index is 1.60. The van der Waals surface area contributed by atoms with Crippen LogP contribution < -0.4 is 5.32 Å². The van der Waals surface area contributed by atoms with E-state index in [1.165, 1.54) is 0 Å². The Hall–Kier alpha value is -1.83. The smallest absolute Gasteiger partial charge is 0.229 e. The topological polar surface area (TPSA) is 69.8 Å². The summed E-state index contributed by atoms with van der Waals surface area (Å²) >= 11 is 12.6. The number of rotatable bonds is 4. The summed E-state index contributed by atoms with van der Waals surface area (Å²) < 4.78 is 9.72. The van der Waals surface area contributed by atoms with Crippen LogP contribution in [0.4, 0.5) is 11.6 Å². The minimum Gasteiger partial charge on any atom is -0.375 e. The average Bonchev–Trinajstić information content (AvgIpc) is 3.14. The molecule has 9 heteroatoms. The third kappa shape index (κ3) is 3.63. The van der Waals surface area contributed by atoms with Gasteiger partial charge in [0.1, 0.15) is 5.65 Å². The fraction of sp³-hybridized carbons (Fsp3) is 0.500. The van der Waals surface area contributed by atoms with Gasteiger partial charge in [-0.25, -0.2) is 4.98 Å². The van der Waals surface area contributed by atoms with Crippen LogP contribution in [0.15, 0.2) is 18.6 Å². The van der Waals surface area contributed by atoms with Crippen molar-refractivity contribution >= 4 is 45.9 Å². The van der Waals surface area contributed by atoms with E-state index >= 15 is 0 Å². The number of halogens is 2. The Morgan fingerprint density at radius 1 is 1.22 bits per heavy atom. The minimum atomic E-state index is 0.204. The Labute approximate surface area is 167 Å². The monoisotopic (exact) mass is 408 g/mol. The summed E-state index contributed by atoms with van der Waals surface area (Å²) in [5.74, 6) is 0.460. The molecule has 4 heterocycles. The predicted molar refractivity (Wildman–Crippen MR) is 107 cm³/mol. The zero-order chi connectivity index (χ0) is 19.1. The Bertz CT molecular complexity index is 958.